The third-order valence-electron chi connectivity index (χ3n) is 7.82. The highest BCUT2D eigenvalue weighted by molar-refractivity contribution is 4.95. The summed E-state index contributed by atoms with van der Waals surface area (Å²) in [4.78, 5) is 0. The smallest absolute Gasteiger partial charge is 0.190 e. The monoisotopic (exact) mass is 636 g/mol. The number of rotatable bonds is 10. The van der Waals surface area contributed by atoms with Gasteiger partial charge in [0.1, 0.15) is 91.6 Å². The van der Waals surface area contributed by atoms with Gasteiger partial charge in [0.05, 0.1) is 26.4 Å². The predicted octanol–water partition coefficient (Wildman–Crippen LogP) is -9.11. The lowest BCUT2D eigenvalue weighted by Gasteiger charge is -2.42. The lowest BCUT2D eigenvalue weighted by Crippen LogP contribution is -2.61. The highest BCUT2D eigenvalue weighted by Crippen LogP contribution is 2.34. The lowest BCUT2D eigenvalue weighted by molar-refractivity contribution is -0.361. The Bertz CT molecular complexity index is 865. The van der Waals surface area contributed by atoms with Crippen LogP contribution in [-0.4, -0.2) is 210 Å². The van der Waals surface area contributed by atoms with Gasteiger partial charge in [-0.15, -0.1) is 0 Å². The average molecular weight is 637 g/mol. The van der Waals surface area contributed by atoms with Gasteiger partial charge in [-0.2, -0.15) is 0 Å². The van der Waals surface area contributed by atoms with Gasteiger partial charge in [0.25, 0.3) is 0 Å². The lowest BCUT2D eigenvalue weighted by atomic mass is 9.99. The normalized spacial score (nSPS) is 52.8. The van der Waals surface area contributed by atoms with E-state index >= 15 is 0 Å². The van der Waals surface area contributed by atoms with Gasteiger partial charge in [-0.3, -0.25) is 0 Å². The van der Waals surface area contributed by atoms with Gasteiger partial charge < -0.3 is 99.5 Å². The van der Waals surface area contributed by atoms with E-state index in [4.69, 9.17) is 33.2 Å². The number of hydrogen-bond acceptors (Lipinski definition) is 20. The van der Waals surface area contributed by atoms with Crippen molar-refractivity contribution >= 4 is 0 Å². The molecule has 4 aliphatic rings. The zero-order valence-electron chi connectivity index (χ0n) is 22.5. The van der Waals surface area contributed by atoms with Gasteiger partial charge in [0.15, 0.2) is 25.2 Å². The van der Waals surface area contributed by atoms with Crippen molar-refractivity contribution in [3.05, 3.63) is 0 Å². The second kappa shape index (κ2) is 14.7. The maximum Gasteiger partial charge on any atom is 0.190 e. The fourth-order valence-electron chi connectivity index (χ4n) is 5.14. The van der Waals surface area contributed by atoms with Crippen molar-refractivity contribution in [1.29, 1.82) is 0 Å². The van der Waals surface area contributed by atoms with E-state index in [1.807, 2.05) is 0 Å². The molecule has 4 fully saturated rings. The van der Waals surface area contributed by atoms with Crippen molar-refractivity contribution in [1.82, 2.24) is 0 Å². The number of hydrogen-bond donors (Lipinski definition) is 13. The molecule has 0 spiro atoms. The number of aliphatic hydroxyl groups is 13. The molecule has 4 rings (SSSR count). The first-order valence-corrected chi connectivity index (χ1v) is 13.5. The van der Waals surface area contributed by atoms with Crippen molar-refractivity contribution in [2.75, 3.05) is 26.4 Å². The Kier molecular flexibility index (Phi) is 12.0. The SMILES string of the molecule is OC[C@H]1O[C@@H](O[C@@H]2[C@H](O[C@H]3O[C@H](CO)[C@@H](O)[C@H](O)[C@H]3O)O[C@H](CO[C@H]3O[C@H](CO)[C@@H](O)[C@H](O)[C@H]3O)[C@H]2O)[C@H](O)[C@@H](O)[C@@H]1O. The van der Waals surface area contributed by atoms with Crippen molar-refractivity contribution in [3.63, 3.8) is 0 Å². The molecule has 0 aliphatic carbocycles. The van der Waals surface area contributed by atoms with E-state index in [-0.39, 0.29) is 0 Å². The summed E-state index contributed by atoms with van der Waals surface area (Å²) in [5.41, 5.74) is 0. The van der Waals surface area contributed by atoms with Crippen LogP contribution in [0.25, 0.3) is 0 Å². The average Bonchev–Trinajstić information content (AvgIpc) is 3.29. The fourth-order valence-corrected chi connectivity index (χ4v) is 5.14. The highest BCUT2D eigenvalue weighted by atomic mass is 16.8. The van der Waals surface area contributed by atoms with Crippen LogP contribution >= 0.6 is 0 Å². The Morgan fingerprint density at radius 1 is 0.372 bits per heavy atom. The molecule has 0 unspecified atom stereocenters. The van der Waals surface area contributed by atoms with E-state index in [9.17, 15) is 66.4 Å². The summed E-state index contributed by atoms with van der Waals surface area (Å²) in [7, 11) is 0. The maximum absolute atomic E-state index is 11.1. The summed E-state index contributed by atoms with van der Waals surface area (Å²) in [5, 5.41) is 131. The minimum Gasteiger partial charge on any atom is -0.394 e. The first-order valence-electron chi connectivity index (χ1n) is 13.5. The molecule has 4 aliphatic heterocycles. The number of aliphatic hydroxyl groups excluding tert-OH is 13. The minimum absolute atomic E-state index is 0.632. The van der Waals surface area contributed by atoms with Crippen LogP contribution in [0.1, 0.15) is 0 Å². The highest BCUT2D eigenvalue weighted by Gasteiger charge is 2.54. The minimum atomic E-state index is -1.91. The molecule has 19 atom stereocenters. The molecule has 13 N–H and O–H groups in total. The summed E-state index contributed by atoms with van der Waals surface area (Å²) >= 11 is 0. The van der Waals surface area contributed by atoms with Crippen LogP contribution in [0, 0.1) is 0 Å². The third kappa shape index (κ3) is 7.13. The van der Waals surface area contributed by atoms with E-state index in [0.717, 1.165) is 0 Å². The third-order valence-corrected chi connectivity index (χ3v) is 7.82. The Balaban J connectivity index is 1.51. The Labute approximate surface area is 243 Å². The zero-order chi connectivity index (χ0) is 31.7. The van der Waals surface area contributed by atoms with Crippen molar-refractivity contribution in [2.24, 2.45) is 0 Å². The molecule has 0 radical (unpaired) electrons. The summed E-state index contributed by atoms with van der Waals surface area (Å²) in [6.07, 6.45) is -32.1. The van der Waals surface area contributed by atoms with Crippen LogP contribution in [0.4, 0.5) is 0 Å². The molecule has 0 aromatic carbocycles. The molecule has 4 heterocycles. The van der Waals surface area contributed by atoms with Gasteiger partial charge >= 0.3 is 0 Å². The summed E-state index contributed by atoms with van der Waals surface area (Å²) < 4.78 is 38.2. The largest absolute Gasteiger partial charge is 0.394 e. The van der Waals surface area contributed by atoms with Gasteiger partial charge in [0.2, 0.25) is 0 Å². The maximum atomic E-state index is 11.1. The second-order valence-corrected chi connectivity index (χ2v) is 10.7. The zero-order valence-corrected chi connectivity index (χ0v) is 22.5. The predicted molar refractivity (Wildman–Crippen MR) is 128 cm³/mol. The van der Waals surface area contributed by atoms with Crippen molar-refractivity contribution < 1.29 is 99.5 Å². The van der Waals surface area contributed by atoms with E-state index in [0.29, 0.717) is 0 Å². The molecule has 252 valence electrons. The molecule has 0 aromatic heterocycles. The van der Waals surface area contributed by atoms with Crippen molar-refractivity contribution in [2.45, 2.75) is 117 Å². The van der Waals surface area contributed by atoms with Gasteiger partial charge in [-0.25, -0.2) is 0 Å². The molecule has 43 heavy (non-hydrogen) atoms. The molecule has 0 saturated carbocycles. The van der Waals surface area contributed by atoms with E-state index < -0.39 is 143 Å². The van der Waals surface area contributed by atoms with E-state index in [2.05, 4.69) is 0 Å². The number of ether oxygens (including phenoxy) is 7. The molecule has 0 amide bonds. The molecule has 0 aromatic rings. The van der Waals surface area contributed by atoms with Crippen LogP contribution < -0.4 is 0 Å². The van der Waals surface area contributed by atoms with Gasteiger partial charge in [0, 0.05) is 0 Å². The van der Waals surface area contributed by atoms with Gasteiger partial charge in [-0.05, 0) is 0 Å². The van der Waals surface area contributed by atoms with Crippen LogP contribution in [0.3, 0.4) is 0 Å². The Hall–Kier alpha value is -0.800. The van der Waals surface area contributed by atoms with Crippen LogP contribution in [0.5, 0.6) is 0 Å². The molecular formula is C23H40O20. The summed E-state index contributed by atoms with van der Waals surface area (Å²) in [6.45, 7) is -2.96. The standard InChI is InChI=1S/C23H40O20/c24-1-5-9(27)13(31)16(34)20(38-5)37-4-8-12(30)19(42-21-17(35)14(32)10(28)6(2-25)39-21)23(41-8)43-22-18(36)15(33)11(29)7(3-26)40-22/h5-36H,1-4H2/t5-,6-,7-,8-,9-,10-,11-,12-,13+,14+,15+,16-,17-,18-,19+,20+,21+,22-,23+/m1/s1. The quantitative estimate of drug-likeness (QED) is 0.106. The molecular weight excluding hydrogens is 596 g/mol. The van der Waals surface area contributed by atoms with E-state index in [1.165, 1.54) is 0 Å². The molecule has 20 heteroatoms. The van der Waals surface area contributed by atoms with Crippen LogP contribution in [0.2, 0.25) is 0 Å². The molecule has 4 saturated heterocycles. The topological polar surface area (TPSA) is 328 Å². The van der Waals surface area contributed by atoms with Crippen LogP contribution in [-0.2, 0) is 33.2 Å². The summed E-state index contributed by atoms with van der Waals surface area (Å²) in [5.74, 6) is 0. The Morgan fingerprint density at radius 2 is 0.744 bits per heavy atom. The van der Waals surface area contributed by atoms with E-state index in [1.54, 1.807) is 0 Å². The summed E-state index contributed by atoms with van der Waals surface area (Å²) in [6, 6.07) is 0. The van der Waals surface area contributed by atoms with Crippen LogP contribution in [0.15, 0.2) is 0 Å². The second-order valence-electron chi connectivity index (χ2n) is 10.7. The fraction of sp³-hybridized carbons (Fsp3) is 1.00. The first-order chi connectivity index (χ1) is 20.3. The Morgan fingerprint density at radius 3 is 1.19 bits per heavy atom. The first kappa shape index (κ1) is 35.1. The molecule has 20 nitrogen and oxygen atoms in total. The van der Waals surface area contributed by atoms with Crippen molar-refractivity contribution in [3.8, 4) is 0 Å². The molecule has 0 bridgehead atoms. The van der Waals surface area contributed by atoms with Gasteiger partial charge in [-0.1, -0.05) is 0 Å².